The van der Waals surface area contributed by atoms with Gasteiger partial charge in [-0.2, -0.15) is 0 Å². The molecule has 0 bridgehead atoms. The topological polar surface area (TPSA) is 0 Å². The fourth-order valence-electron chi connectivity index (χ4n) is 0.524. The average Bonchev–Trinajstić information content (AvgIpc) is 1.63. The van der Waals surface area contributed by atoms with Gasteiger partial charge in [0.05, 0.1) is 0 Å². The molecule has 0 aromatic heterocycles. The first-order chi connectivity index (χ1) is 3.98. The van der Waals surface area contributed by atoms with Crippen LogP contribution in [0.25, 0.3) is 0 Å². The largest absolute Gasteiger partial charge is 0.136 e. The summed E-state index contributed by atoms with van der Waals surface area (Å²) in [4.78, 5) is 0. The van der Waals surface area contributed by atoms with Crippen molar-refractivity contribution in [3.8, 4) is 0 Å². The zero-order chi connectivity index (χ0) is 7.49. The van der Waals surface area contributed by atoms with Crippen molar-refractivity contribution in [3.63, 3.8) is 0 Å². The Hall–Kier alpha value is 0.320. The number of rotatable bonds is 2. The monoisotopic (exact) mass is 166 g/mol. The predicted octanol–water partition coefficient (Wildman–Crippen LogP) is 3.54. The van der Waals surface area contributed by atoms with Crippen LogP contribution in [0.1, 0.15) is 27.2 Å². The van der Waals surface area contributed by atoms with E-state index < -0.39 is 4.33 Å². The maximum absolute atomic E-state index is 5.80. The molecule has 0 fully saturated rings. The Balaban J connectivity index is 4.01. The fourth-order valence-corrected chi connectivity index (χ4v) is 0.961. The third-order valence-corrected chi connectivity index (χ3v) is 1.72. The highest BCUT2D eigenvalue weighted by molar-refractivity contribution is 6.49. The molecule has 0 aromatic rings. The van der Waals surface area contributed by atoms with Gasteiger partial charge >= 0.3 is 0 Å². The minimum Gasteiger partial charge on any atom is -0.0970 e. The van der Waals surface area contributed by atoms with Gasteiger partial charge in [0.15, 0.2) is 0 Å². The van der Waals surface area contributed by atoms with Crippen molar-refractivity contribution in [3.05, 3.63) is 11.6 Å². The van der Waals surface area contributed by atoms with Gasteiger partial charge in [0.25, 0.3) is 0 Å². The fraction of sp³-hybridized carbons (Fsp3) is 0.714. The van der Waals surface area contributed by atoms with Crippen LogP contribution in [0.15, 0.2) is 11.6 Å². The molecule has 54 valence electrons. The molecule has 0 rings (SSSR count). The van der Waals surface area contributed by atoms with Crippen LogP contribution in [0, 0.1) is 0 Å². The van der Waals surface area contributed by atoms with Crippen LogP contribution in [-0.4, -0.2) is 4.33 Å². The van der Waals surface area contributed by atoms with Crippen LogP contribution in [0.2, 0.25) is 0 Å². The third-order valence-electron chi connectivity index (χ3n) is 0.971. The van der Waals surface area contributed by atoms with Crippen LogP contribution in [-0.2, 0) is 0 Å². The van der Waals surface area contributed by atoms with Crippen molar-refractivity contribution in [2.45, 2.75) is 31.5 Å². The molecule has 9 heavy (non-hydrogen) atoms. The normalized spacial score (nSPS) is 11.2. The van der Waals surface area contributed by atoms with Crippen molar-refractivity contribution in [1.82, 2.24) is 0 Å². The number of halogens is 2. The zero-order valence-corrected chi connectivity index (χ0v) is 7.55. The van der Waals surface area contributed by atoms with Gasteiger partial charge in [-0.15, -0.1) is 0 Å². The van der Waals surface area contributed by atoms with E-state index in [4.69, 9.17) is 23.2 Å². The lowest BCUT2D eigenvalue weighted by atomic mass is 10.2. The van der Waals surface area contributed by atoms with E-state index in [9.17, 15) is 0 Å². The molecular formula is C7H12Cl2. The number of hydrogen-bond acceptors (Lipinski definition) is 0. The summed E-state index contributed by atoms with van der Waals surface area (Å²) in [6.45, 7) is 5.92. The Bertz CT molecular complexity index is 110. The molecule has 0 radical (unpaired) electrons. The van der Waals surface area contributed by atoms with Gasteiger partial charge in [0.1, 0.15) is 4.33 Å². The molecule has 0 aliphatic rings. The summed E-state index contributed by atoms with van der Waals surface area (Å²) in [5.74, 6) is 0. The summed E-state index contributed by atoms with van der Waals surface area (Å²) in [6.07, 6.45) is 2.61. The summed E-state index contributed by atoms with van der Waals surface area (Å²) < 4.78 is -0.654. The number of alkyl halides is 2. The number of hydrogen-bond donors (Lipinski definition) is 0. The molecule has 0 aliphatic carbocycles. The summed E-state index contributed by atoms with van der Waals surface area (Å²) in [5.41, 5.74) is 1.15. The van der Waals surface area contributed by atoms with E-state index in [1.807, 2.05) is 26.8 Å². The number of allylic oxidation sites excluding steroid dienone is 2. The highest BCUT2D eigenvalue weighted by Crippen LogP contribution is 2.27. The van der Waals surface area contributed by atoms with Crippen molar-refractivity contribution in [2.75, 3.05) is 0 Å². The Labute approximate surface area is 66.8 Å². The van der Waals surface area contributed by atoms with Crippen molar-refractivity contribution < 1.29 is 0 Å². The van der Waals surface area contributed by atoms with E-state index in [-0.39, 0.29) is 0 Å². The maximum atomic E-state index is 5.80. The second-order valence-electron chi connectivity index (χ2n) is 2.34. The Morgan fingerprint density at radius 3 is 2.00 bits per heavy atom. The lowest BCUT2D eigenvalue weighted by Gasteiger charge is -2.11. The summed E-state index contributed by atoms with van der Waals surface area (Å²) in [7, 11) is 0. The van der Waals surface area contributed by atoms with Gasteiger partial charge in [0.2, 0.25) is 0 Å². The van der Waals surface area contributed by atoms with E-state index in [2.05, 4.69) is 0 Å². The molecule has 0 nitrogen and oxygen atoms in total. The SMILES string of the molecule is CCC(Cl)(Cl)C=C(C)C. The summed E-state index contributed by atoms with van der Waals surface area (Å²) >= 11 is 11.6. The molecule has 0 unspecified atom stereocenters. The van der Waals surface area contributed by atoms with Crippen LogP contribution in [0.4, 0.5) is 0 Å². The van der Waals surface area contributed by atoms with Crippen molar-refractivity contribution in [2.24, 2.45) is 0 Å². The van der Waals surface area contributed by atoms with Crippen molar-refractivity contribution >= 4 is 23.2 Å². The Morgan fingerprint density at radius 2 is 1.89 bits per heavy atom. The van der Waals surface area contributed by atoms with E-state index in [0.717, 1.165) is 12.0 Å². The molecule has 0 amide bonds. The standard InChI is InChI=1S/C7H12Cl2/c1-4-7(8,9)5-6(2)3/h5H,4H2,1-3H3. The molecule has 0 aromatic carbocycles. The lowest BCUT2D eigenvalue weighted by Crippen LogP contribution is -2.05. The highest BCUT2D eigenvalue weighted by atomic mass is 35.5. The molecule has 0 heterocycles. The zero-order valence-electron chi connectivity index (χ0n) is 6.04. The van der Waals surface area contributed by atoms with E-state index in [0.29, 0.717) is 0 Å². The average molecular weight is 167 g/mol. The van der Waals surface area contributed by atoms with Crippen LogP contribution < -0.4 is 0 Å². The molecule has 2 heteroatoms. The maximum Gasteiger partial charge on any atom is 0.136 e. The summed E-state index contributed by atoms with van der Waals surface area (Å²) in [6, 6.07) is 0. The van der Waals surface area contributed by atoms with Crippen molar-refractivity contribution in [1.29, 1.82) is 0 Å². The van der Waals surface area contributed by atoms with Gasteiger partial charge in [-0.1, -0.05) is 41.8 Å². The van der Waals surface area contributed by atoms with Gasteiger partial charge in [-0.25, -0.2) is 0 Å². The second kappa shape index (κ2) is 3.48. The second-order valence-corrected chi connectivity index (χ2v) is 3.88. The Kier molecular flexibility index (Phi) is 3.60. The molecule has 0 spiro atoms. The molecule has 0 saturated carbocycles. The van der Waals surface area contributed by atoms with Crippen LogP contribution >= 0.6 is 23.2 Å². The van der Waals surface area contributed by atoms with Crippen LogP contribution in [0.3, 0.4) is 0 Å². The van der Waals surface area contributed by atoms with Crippen LogP contribution in [0.5, 0.6) is 0 Å². The predicted molar refractivity (Wildman–Crippen MR) is 44.2 cm³/mol. The first-order valence-electron chi connectivity index (χ1n) is 3.02. The molecule has 0 aliphatic heterocycles. The van der Waals surface area contributed by atoms with E-state index in [1.54, 1.807) is 0 Å². The third kappa shape index (κ3) is 4.80. The van der Waals surface area contributed by atoms with E-state index >= 15 is 0 Å². The molecule has 0 atom stereocenters. The van der Waals surface area contributed by atoms with Gasteiger partial charge in [-0.3, -0.25) is 0 Å². The molecule has 0 saturated heterocycles. The quantitative estimate of drug-likeness (QED) is 0.435. The summed E-state index contributed by atoms with van der Waals surface area (Å²) in [5, 5.41) is 0. The lowest BCUT2D eigenvalue weighted by molar-refractivity contribution is 0.887. The minimum absolute atomic E-state index is 0.654. The highest BCUT2D eigenvalue weighted by Gasteiger charge is 2.16. The van der Waals surface area contributed by atoms with E-state index in [1.165, 1.54) is 0 Å². The molecule has 0 N–H and O–H groups in total. The first kappa shape index (κ1) is 9.32. The Morgan fingerprint density at radius 1 is 1.44 bits per heavy atom. The molecular weight excluding hydrogens is 155 g/mol. The minimum atomic E-state index is -0.654. The van der Waals surface area contributed by atoms with Gasteiger partial charge in [0, 0.05) is 0 Å². The van der Waals surface area contributed by atoms with Gasteiger partial charge < -0.3 is 0 Å². The van der Waals surface area contributed by atoms with Gasteiger partial charge in [-0.05, 0) is 20.3 Å². The smallest absolute Gasteiger partial charge is 0.0970 e. The first-order valence-corrected chi connectivity index (χ1v) is 3.77.